The minimum Gasteiger partial charge on any atom is -0.364 e. The van der Waals surface area contributed by atoms with Gasteiger partial charge < -0.3 is 10.6 Å². The summed E-state index contributed by atoms with van der Waals surface area (Å²) in [5.74, 6) is 0.00623. The first-order chi connectivity index (χ1) is 9.34. The van der Waals surface area contributed by atoms with E-state index in [0.29, 0.717) is 0 Å². The van der Waals surface area contributed by atoms with E-state index < -0.39 is 11.9 Å². The molecule has 1 aromatic rings. The van der Waals surface area contributed by atoms with Crippen molar-refractivity contribution in [2.75, 3.05) is 18.4 Å². The van der Waals surface area contributed by atoms with Crippen molar-refractivity contribution in [1.29, 1.82) is 5.26 Å². The summed E-state index contributed by atoms with van der Waals surface area (Å²) in [7, 11) is 0. The summed E-state index contributed by atoms with van der Waals surface area (Å²) in [4.78, 5) is 3.58. The van der Waals surface area contributed by atoms with Crippen LogP contribution in [0.3, 0.4) is 0 Å². The van der Waals surface area contributed by atoms with Crippen LogP contribution >= 0.6 is 0 Å². The largest absolute Gasteiger partial charge is 0.433 e. The Morgan fingerprint density at radius 3 is 2.55 bits per heavy atom. The van der Waals surface area contributed by atoms with Gasteiger partial charge in [0.05, 0.1) is 5.56 Å². The standard InChI is InChI=1S/C13H15F3N4/c1-12(4-6-18-7-5-12)20-11-9(8-17)2-3-10(19-11)13(14,15)16/h2-3,18H,4-7H2,1H3,(H,19,20). The van der Waals surface area contributed by atoms with E-state index >= 15 is 0 Å². The minimum absolute atomic E-state index is 0.00623. The predicted molar refractivity (Wildman–Crippen MR) is 68.1 cm³/mol. The van der Waals surface area contributed by atoms with Gasteiger partial charge in [0.2, 0.25) is 0 Å². The van der Waals surface area contributed by atoms with E-state index in [4.69, 9.17) is 5.26 Å². The average Bonchev–Trinajstić information content (AvgIpc) is 2.38. The van der Waals surface area contributed by atoms with Crippen LogP contribution in [0.15, 0.2) is 12.1 Å². The number of rotatable bonds is 2. The normalized spacial score (nSPS) is 18.4. The fourth-order valence-electron chi connectivity index (χ4n) is 2.19. The Labute approximate surface area is 115 Å². The van der Waals surface area contributed by atoms with Gasteiger partial charge in [0.15, 0.2) is 0 Å². The van der Waals surface area contributed by atoms with Crippen molar-refractivity contribution in [3.63, 3.8) is 0 Å². The van der Waals surface area contributed by atoms with E-state index in [1.54, 1.807) is 0 Å². The van der Waals surface area contributed by atoms with E-state index in [9.17, 15) is 13.2 Å². The van der Waals surface area contributed by atoms with E-state index in [1.807, 2.05) is 13.0 Å². The molecule has 1 aliphatic rings. The van der Waals surface area contributed by atoms with E-state index in [0.717, 1.165) is 38.1 Å². The number of nitrogens with one attached hydrogen (secondary N) is 2. The molecule has 0 spiro atoms. The molecule has 20 heavy (non-hydrogen) atoms. The van der Waals surface area contributed by atoms with Gasteiger partial charge in [-0.2, -0.15) is 18.4 Å². The molecule has 2 N–H and O–H groups in total. The lowest BCUT2D eigenvalue weighted by atomic mass is 9.90. The fraction of sp³-hybridized carbons (Fsp3) is 0.538. The molecule has 0 atom stereocenters. The molecule has 108 valence electrons. The summed E-state index contributed by atoms with van der Waals surface area (Å²) in [6, 6.07) is 3.86. The Kier molecular flexibility index (Phi) is 3.86. The van der Waals surface area contributed by atoms with Gasteiger partial charge in [-0.15, -0.1) is 0 Å². The molecule has 0 bridgehead atoms. The zero-order valence-electron chi connectivity index (χ0n) is 11.0. The van der Waals surface area contributed by atoms with Crippen LogP contribution in [0.4, 0.5) is 19.0 Å². The Bertz CT molecular complexity index is 527. The van der Waals surface area contributed by atoms with Gasteiger partial charge in [0.25, 0.3) is 0 Å². The van der Waals surface area contributed by atoms with Gasteiger partial charge in [0, 0.05) is 5.54 Å². The quantitative estimate of drug-likeness (QED) is 0.876. The molecule has 1 aliphatic heterocycles. The van der Waals surface area contributed by atoms with Crippen LogP contribution in [0.5, 0.6) is 0 Å². The van der Waals surface area contributed by atoms with Crippen LogP contribution in [0, 0.1) is 11.3 Å². The highest BCUT2D eigenvalue weighted by Gasteiger charge is 2.34. The van der Waals surface area contributed by atoms with Crippen molar-refractivity contribution in [3.8, 4) is 6.07 Å². The topological polar surface area (TPSA) is 60.7 Å². The van der Waals surface area contributed by atoms with Crippen LogP contribution in [0.25, 0.3) is 0 Å². The molecule has 0 aromatic carbocycles. The Morgan fingerprint density at radius 2 is 2.00 bits per heavy atom. The molecule has 0 unspecified atom stereocenters. The molecule has 0 saturated carbocycles. The lowest BCUT2D eigenvalue weighted by molar-refractivity contribution is -0.141. The highest BCUT2D eigenvalue weighted by atomic mass is 19.4. The third kappa shape index (κ3) is 3.20. The van der Waals surface area contributed by atoms with Crippen molar-refractivity contribution in [2.45, 2.75) is 31.5 Å². The Hall–Kier alpha value is -1.81. The third-order valence-corrected chi connectivity index (χ3v) is 3.43. The number of alkyl halides is 3. The van der Waals surface area contributed by atoms with E-state index in [1.165, 1.54) is 0 Å². The zero-order valence-corrected chi connectivity index (χ0v) is 11.0. The number of halogens is 3. The third-order valence-electron chi connectivity index (χ3n) is 3.43. The molecule has 2 heterocycles. The van der Waals surface area contributed by atoms with Crippen molar-refractivity contribution in [3.05, 3.63) is 23.4 Å². The number of anilines is 1. The number of piperidine rings is 1. The van der Waals surface area contributed by atoms with Gasteiger partial charge in [-0.3, -0.25) is 0 Å². The maximum absolute atomic E-state index is 12.7. The summed E-state index contributed by atoms with van der Waals surface area (Å²) in [5, 5.41) is 15.2. The summed E-state index contributed by atoms with van der Waals surface area (Å²) in [5.41, 5.74) is -1.22. The maximum Gasteiger partial charge on any atom is 0.433 e. The zero-order chi connectivity index (χ0) is 14.8. The lowest BCUT2D eigenvalue weighted by Crippen LogP contribution is -2.45. The molecule has 0 aliphatic carbocycles. The van der Waals surface area contributed by atoms with Gasteiger partial charge in [0.1, 0.15) is 17.6 Å². The molecule has 2 rings (SSSR count). The summed E-state index contributed by atoms with van der Waals surface area (Å²) in [6.45, 7) is 3.49. The molecule has 1 aromatic heterocycles. The molecule has 0 amide bonds. The monoisotopic (exact) mass is 284 g/mol. The Balaban J connectivity index is 2.32. The number of nitrogens with zero attached hydrogens (tertiary/aromatic N) is 2. The van der Waals surface area contributed by atoms with Crippen LogP contribution in [-0.4, -0.2) is 23.6 Å². The molecular weight excluding hydrogens is 269 g/mol. The molecule has 7 heteroatoms. The first-order valence-corrected chi connectivity index (χ1v) is 6.31. The highest BCUT2D eigenvalue weighted by molar-refractivity contribution is 5.54. The van der Waals surface area contributed by atoms with Crippen LogP contribution in [0.1, 0.15) is 31.0 Å². The first kappa shape index (κ1) is 14.6. The minimum atomic E-state index is -4.51. The Morgan fingerprint density at radius 1 is 1.35 bits per heavy atom. The van der Waals surface area contributed by atoms with Crippen LogP contribution in [-0.2, 0) is 6.18 Å². The molecule has 0 radical (unpaired) electrons. The molecule has 1 fully saturated rings. The van der Waals surface area contributed by atoms with Gasteiger partial charge in [-0.25, -0.2) is 4.98 Å². The average molecular weight is 284 g/mol. The van der Waals surface area contributed by atoms with Crippen molar-refractivity contribution in [1.82, 2.24) is 10.3 Å². The van der Waals surface area contributed by atoms with Crippen molar-refractivity contribution < 1.29 is 13.2 Å². The van der Waals surface area contributed by atoms with E-state index in [-0.39, 0.29) is 16.9 Å². The second kappa shape index (κ2) is 5.29. The second-order valence-electron chi connectivity index (χ2n) is 5.14. The number of hydrogen-bond donors (Lipinski definition) is 2. The molecular formula is C13H15F3N4. The predicted octanol–water partition coefficient (Wildman–Crippen LogP) is 2.53. The highest BCUT2D eigenvalue weighted by Crippen LogP contribution is 2.31. The maximum atomic E-state index is 12.7. The van der Waals surface area contributed by atoms with Crippen LogP contribution in [0.2, 0.25) is 0 Å². The second-order valence-corrected chi connectivity index (χ2v) is 5.14. The van der Waals surface area contributed by atoms with Crippen molar-refractivity contribution in [2.24, 2.45) is 0 Å². The van der Waals surface area contributed by atoms with Gasteiger partial charge >= 0.3 is 6.18 Å². The molecule has 4 nitrogen and oxygen atoms in total. The van der Waals surface area contributed by atoms with Gasteiger partial charge in [-0.05, 0) is 45.0 Å². The summed E-state index contributed by atoms with van der Waals surface area (Å²) >= 11 is 0. The number of hydrogen-bond acceptors (Lipinski definition) is 4. The summed E-state index contributed by atoms with van der Waals surface area (Å²) < 4.78 is 38.1. The van der Waals surface area contributed by atoms with Crippen molar-refractivity contribution >= 4 is 5.82 Å². The first-order valence-electron chi connectivity index (χ1n) is 6.31. The summed E-state index contributed by atoms with van der Waals surface area (Å²) in [6.07, 6.45) is -3.00. The smallest absolute Gasteiger partial charge is 0.364 e. The fourth-order valence-corrected chi connectivity index (χ4v) is 2.19. The van der Waals surface area contributed by atoms with Gasteiger partial charge in [-0.1, -0.05) is 0 Å². The van der Waals surface area contributed by atoms with E-state index in [2.05, 4.69) is 15.6 Å². The number of nitriles is 1. The lowest BCUT2D eigenvalue weighted by Gasteiger charge is -2.35. The SMILES string of the molecule is CC1(Nc2nc(C(F)(F)F)ccc2C#N)CCNCC1. The number of aromatic nitrogens is 1. The van der Waals surface area contributed by atoms with Crippen LogP contribution < -0.4 is 10.6 Å². The molecule has 1 saturated heterocycles. The number of pyridine rings is 1.